The number of hydrogen-bond donors (Lipinski definition) is 1. The standard InChI is InChI=1S/C9H11N5/c1-10-4-8-5-13-9(6-12-8)14-3-2-11-7-14/h2-3,5-7,10H,4H2,1H3. The summed E-state index contributed by atoms with van der Waals surface area (Å²) in [4.78, 5) is 12.5. The third-order valence-corrected chi connectivity index (χ3v) is 1.82. The molecule has 0 saturated heterocycles. The molecule has 0 unspecified atom stereocenters. The summed E-state index contributed by atoms with van der Waals surface area (Å²) in [5, 5.41) is 3.02. The molecule has 2 heterocycles. The van der Waals surface area contributed by atoms with Crippen molar-refractivity contribution in [3.8, 4) is 5.82 Å². The van der Waals surface area contributed by atoms with Crippen molar-refractivity contribution in [3.63, 3.8) is 0 Å². The zero-order valence-electron chi connectivity index (χ0n) is 7.88. The SMILES string of the molecule is CNCc1cnc(-n2ccnc2)cn1. The van der Waals surface area contributed by atoms with E-state index in [2.05, 4.69) is 20.3 Å². The molecule has 0 aliphatic heterocycles. The lowest BCUT2D eigenvalue weighted by atomic mass is 10.4. The summed E-state index contributed by atoms with van der Waals surface area (Å²) in [5.74, 6) is 0.780. The second kappa shape index (κ2) is 3.97. The molecule has 0 aliphatic carbocycles. The van der Waals surface area contributed by atoms with Gasteiger partial charge in [0.1, 0.15) is 6.33 Å². The first-order valence-corrected chi connectivity index (χ1v) is 4.34. The van der Waals surface area contributed by atoms with Crippen LogP contribution in [-0.4, -0.2) is 26.6 Å². The highest BCUT2D eigenvalue weighted by Gasteiger charge is 1.97. The highest BCUT2D eigenvalue weighted by atomic mass is 15.1. The molecule has 0 atom stereocenters. The first-order valence-electron chi connectivity index (χ1n) is 4.34. The van der Waals surface area contributed by atoms with Gasteiger partial charge in [-0.2, -0.15) is 0 Å². The highest BCUT2D eigenvalue weighted by Crippen LogP contribution is 2.01. The minimum atomic E-state index is 0.733. The molecule has 0 bridgehead atoms. The Morgan fingerprint density at radius 1 is 1.36 bits per heavy atom. The van der Waals surface area contributed by atoms with Crippen molar-refractivity contribution in [3.05, 3.63) is 36.8 Å². The van der Waals surface area contributed by atoms with E-state index in [1.54, 1.807) is 24.9 Å². The van der Waals surface area contributed by atoms with Crippen LogP contribution >= 0.6 is 0 Å². The van der Waals surface area contributed by atoms with Crippen LogP contribution in [-0.2, 0) is 6.54 Å². The van der Waals surface area contributed by atoms with Crippen molar-refractivity contribution in [1.82, 2.24) is 24.8 Å². The van der Waals surface area contributed by atoms with Gasteiger partial charge >= 0.3 is 0 Å². The highest BCUT2D eigenvalue weighted by molar-refractivity contribution is 5.18. The molecular formula is C9H11N5. The first-order chi connectivity index (χ1) is 6.90. The van der Waals surface area contributed by atoms with Crippen molar-refractivity contribution < 1.29 is 0 Å². The van der Waals surface area contributed by atoms with Gasteiger partial charge in [0.05, 0.1) is 18.1 Å². The lowest BCUT2D eigenvalue weighted by molar-refractivity contribution is 0.779. The van der Waals surface area contributed by atoms with Crippen LogP contribution in [0.5, 0.6) is 0 Å². The summed E-state index contributed by atoms with van der Waals surface area (Å²) >= 11 is 0. The van der Waals surface area contributed by atoms with Crippen LogP contribution in [0.1, 0.15) is 5.69 Å². The molecule has 2 aromatic heterocycles. The van der Waals surface area contributed by atoms with Crippen molar-refractivity contribution in [2.45, 2.75) is 6.54 Å². The van der Waals surface area contributed by atoms with E-state index in [4.69, 9.17) is 0 Å². The van der Waals surface area contributed by atoms with E-state index in [0.717, 1.165) is 18.1 Å². The van der Waals surface area contributed by atoms with Gasteiger partial charge in [-0.05, 0) is 7.05 Å². The summed E-state index contributed by atoms with van der Waals surface area (Å²) in [5.41, 5.74) is 0.927. The first kappa shape index (κ1) is 8.83. The van der Waals surface area contributed by atoms with Crippen LogP contribution in [0.25, 0.3) is 5.82 Å². The lowest BCUT2D eigenvalue weighted by Gasteiger charge is -2.01. The van der Waals surface area contributed by atoms with E-state index in [-0.39, 0.29) is 0 Å². The third-order valence-electron chi connectivity index (χ3n) is 1.82. The fourth-order valence-corrected chi connectivity index (χ4v) is 1.15. The van der Waals surface area contributed by atoms with Gasteiger partial charge in [0.2, 0.25) is 0 Å². The molecule has 0 saturated carbocycles. The van der Waals surface area contributed by atoms with E-state index in [1.807, 2.05) is 17.8 Å². The van der Waals surface area contributed by atoms with E-state index >= 15 is 0 Å². The fourth-order valence-electron chi connectivity index (χ4n) is 1.15. The number of aromatic nitrogens is 4. The number of nitrogens with zero attached hydrogens (tertiary/aromatic N) is 4. The Hall–Kier alpha value is -1.75. The number of rotatable bonds is 3. The summed E-state index contributed by atoms with van der Waals surface area (Å²) in [6.07, 6.45) is 8.73. The van der Waals surface area contributed by atoms with Crippen molar-refractivity contribution in [2.24, 2.45) is 0 Å². The Labute approximate surface area is 81.8 Å². The Morgan fingerprint density at radius 3 is 2.86 bits per heavy atom. The van der Waals surface area contributed by atoms with E-state index in [9.17, 15) is 0 Å². The van der Waals surface area contributed by atoms with Crippen molar-refractivity contribution in [1.29, 1.82) is 0 Å². The van der Waals surface area contributed by atoms with Gasteiger partial charge in [-0.15, -0.1) is 0 Å². The van der Waals surface area contributed by atoms with Gasteiger partial charge < -0.3 is 5.32 Å². The number of nitrogens with one attached hydrogen (secondary N) is 1. The number of imidazole rings is 1. The van der Waals surface area contributed by atoms with Crippen molar-refractivity contribution >= 4 is 0 Å². The zero-order valence-corrected chi connectivity index (χ0v) is 7.88. The Kier molecular flexibility index (Phi) is 2.51. The summed E-state index contributed by atoms with van der Waals surface area (Å²) in [7, 11) is 1.88. The van der Waals surface area contributed by atoms with Crippen LogP contribution in [0.2, 0.25) is 0 Å². The topological polar surface area (TPSA) is 55.6 Å². The zero-order chi connectivity index (χ0) is 9.80. The molecule has 5 heteroatoms. The molecule has 0 radical (unpaired) electrons. The molecule has 1 N–H and O–H groups in total. The third kappa shape index (κ3) is 1.77. The molecule has 0 fully saturated rings. The van der Waals surface area contributed by atoms with Crippen molar-refractivity contribution in [2.75, 3.05) is 7.05 Å². The predicted molar refractivity (Wildman–Crippen MR) is 51.9 cm³/mol. The fraction of sp³-hybridized carbons (Fsp3) is 0.222. The van der Waals surface area contributed by atoms with Crippen LogP contribution in [0, 0.1) is 0 Å². The molecular weight excluding hydrogens is 178 g/mol. The Morgan fingerprint density at radius 2 is 2.29 bits per heavy atom. The van der Waals surface area contributed by atoms with Gasteiger partial charge in [-0.25, -0.2) is 9.97 Å². The summed E-state index contributed by atoms with van der Waals surface area (Å²) in [6.45, 7) is 0.733. The van der Waals surface area contributed by atoms with E-state index < -0.39 is 0 Å². The quantitative estimate of drug-likeness (QED) is 0.758. The van der Waals surface area contributed by atoms with Crippen LogP contribution in [0.3, 0.4) is 0 Å². The van der Waals surface area contributed by atoms with E-state index in [1.165, 1.54) is 0 Å². The maximum atomic E-state index is 4.26. The maximum absolute atomic E-state index is 4.26. The van der Waals surface area contributed by atoms with E-state index in [0.29, 0.717) is 0 Å². The second-order valence-corrected chi connectivity index (χ2v) is 2.87. The monoisotopic (exact) mass is 189 g/mol. The van der Waals surface area contributed by atoms with Gasteiger partial charge in [-0.3, -0.25) is 9.55 Å². The molecule has 0 spiro atoms. The molecule has 5 nitrogen and oxygen atoms in total. The molecule has 14 heavy (non-hydrogen) atoms. The molecule has 2 rings (SSSR count). The largest absolute Gasteiger partial charge is 0.314 e. The van der Waals surface area contributed by atoms with Gasteiger partial charge in [0.25, 0.3) is 0 Å². The summed E-state index contributed by atoms with van der Waals surface area (Å²) < 4.78 is 1.82. The minimum absolute atomic E-state index is 0.733. The molecule has 72 valence electrons. The van der Waals surface area contributed by atoms with Gasteiger partial charge in [-0.1, -0.05) is 0 Å². The predicted octanol–water partition coefficient (Wildman–Crippen LogP) is 0.382. The molecule has 0 aliphatic rings. The minimum Gasteiger partial charge on any atom is -0.314 e. The second-order valence-electron chi connectivity index (χ2n) is 2.87. The smallest absolute Gasteiger partial charge is 0.156 e. The molecule has 0 amide bonds. The average Bonchev–Trinajstić information content (AvgIpc) is 2.72. The lowest BCUT2D eigenvalue weighted by Crippen LogP contribution is -2.08. The van der Waals surface area contributed by atoms with Crippen LogP contribution in [0.4, 0.5) is 0 Å². The average molecular weight is 189 g/mol. The van der Waals surface area contributed by atoms with Crippen LogP contribution < -0.4 is 5.32 Å². The van der Waals surface area contributed by atoms with Gasteiger partial charge in [0.15, 0.2) is 5.82 Å². The van der Waals surface area contributed by atoms with Gasteiger partial charge in [0, 0.05) is 18.9 Å². The number of hydrogen-bond acceptors (Lipinski definition) is 4. The maximum Gasteiger partial charge on any atom is 0.156 e. The normalized spacial score (nSPS) is 10.4. The molecule has 2 aromatic rings. The molecule has 0 aromatic carbocycles. The Bertz CT molecular complexity index is 378. The summed E-state index contributed by atoms with van der Waals surface area (Å²) in [6, 6.07) is 0. The Balaban J connectivity index is 2.22. The van der Waals surface area contributed by atoms with Crippen LogP contribution in [0.15, 0.2) is 31.1 Å².